The molecule has 40 heavy (non-hydrogen) atoms. The van der Waals surface area contributed by atoms with Crippen molar-refractivity contribution in [1.29, 1.82) is 5.41 Å². The summed E-state index contributed by atoms with van der Waals surface area (Å²) < 4.78 is 0. The van der Waals surface area contributed by atoms with Crippen molar-refractivity contribution in [3.8, 4) is 0 Å². The van der Waals surface area contributed by atoms with E-state index >= 15 is 0 Å². The maximum atomic E-state index is 12.9. The summed E-state index contributed by atoms with van der Waals surface area (Å²) in [5.41, 5.74) is 15.2. The van der Waals surface area contributed by atoms with Crippen LogP contribution in [0.25, 0.3) is 11.0 Å². The first kappa shape index (κ1) is 28.8. The van der Waals surface area contributed by atoms with Gasteiger partial charge in [0.05, 0.1) is 0 Å². The Labute approximate surface area is 234 Å². The average Bonchev–Trinajstić information content (AvgIpc) is 2.89. The molecule has 3 heterocycles. The number of fused-ring (bicyclic) bond motifs is 1. The van der Waals surface area contributed by atoms with Gasteiger partial charge in [-0.2, -0.15) is 9.98 Å². The first-order valence-corrected chi connectivity index (χ1v) is 13.4. The number of benzene rings is 1. The van der Waals surface area contributed by atoms with Crippen molar-refractivity contribution in [2.24, 2.45) is 16.1 Å². The van der Waals surface area contributed by atoms with Crippen LogP contribution in [0.1, 0.15) is 57.0 Å². The third-order valence-electron chi connectivity index (χ3n) is 7.07. The first-order chi connectivity index (χ1) is 18.8. The van der Waals surface area contributed by atoms with Crippen molar-refractivity contribution < 1.29 is 4.79 Å². The van der Waals surface area contributed by atoms with Gasteiger partial charge in [0, 0.05) is 55.6 Å². The molecule has 0 atom stereocenters. The second-order valence-corrected chi connectivity index (χ2v) is 11.4. The smallest absolute Gasteiger partial charge is 0.278 e. The number of carbonyl (C=O) groups excluding carboxylic acids is 1. The Morgan fingerprint density at radius 3 is 2.48 bits per heavy atom. The van der Waals surface area contributed by atoms with Crippen molar-refractivity contribution in [3.05, 3.63) is 35.7 Å². The molecule has 2 aromatic heterocycles. The Kier molecular flexibility index (Phi) is 8.29. The van der Waals surface area contributed by atoms with E-state index < -0.39 is 5.91 Å². The van der Waals surface area contributed by atoms with Crippen LogP contribution < -0.4 is 21.7 Å². The van der Waals surface area contributed by atoms with Crippen molar-refractivity contribution >= 4 is 51.8 Å². The lowest BCUT2D eigenvalue weighted by Crippen LogP contribution is -2.49. The van der Waals surface area contributed by atoms with Gasteiger partial charge in [0.2, 0.25) is 5.95 Å². The van der Waals surface area contributed by atoms with E-state index in [0.29, 0.717) is 45.8 Å². The van der Waals surface area contributed by atoms with Crippen LogP contribution in [0.3, 0.4) is 0 Å². The summed E-state index contributed by atoms with van der Waals surface area (Å²) in [6.07, 6.45) is 1.54. The van der Waals surface area contributed by atoms with Gasteiger partial charge >= 0.3 is 0 Å². The Morgan fingerprint density at radius 1 is 1.12 bits per heavy atom. The summed E-state index contributed by atoms with van der Waals surface area (Å²) in [5, 5.41) is 11.5. The molecule has 0 saturated carbocycles. The van der Waals surface area contributed by atoms with Gasteiger partial charge in [-0.3, -0.25) is 9.69 Å². The molecule has 0 unspecified atom stereocenters. The number of rotatable bonds is 7. The highest BCUT2D eigenvalue weighted by molar-refractivity contribution is 6.10. The number of carbonyl (C=O) groups is 1. The van der Waals surface area contributed by atoms with Gasteiger partial charge in [0.15, 0.2) is 11.6 Å². The molecule has 12 heteroatoms. The molecular weight excluding hydrogens is 506 g/mol. The number of piperazine rings is 1. The van der Waals surface area contributed by atoms with Crippen LogP contribution in [0, 0.1) is 17.7 Å². The average molecular weight is 546 g/mol. The van der Waals surface area contributed by atoms with Gasteiger partial charge in [-0.15, -0.1) is 0 Å². The molecule has 0 aliphatic carbocycles. The normalized spacial score (nSPS) is 15.1. The predicted octanol–water partition coefficient (Wildman–Crippen LogP) is 3.54. The summed E-state index contributed by atoms with van der Waals surface area (Å²) >= 11 is 0. The third kappa shape index (κ3) is 6.50. The number of nitrogen functional groups attached to an aromatic ring is 1. The number of aryl methyl sites for hydroxylation is 1. The van der Waals surface area contributed by atoms with Gasteiger partial charge in [0.25, 0.3) is 5.91 Å². The number of aromatic nitrogens is 4. The molecule has 3 aromatic rings. The van der Waals surface area contributed by atoms with E-state index in [4.69, 9.17) is 21.9 Å². The second-order valence-electron chi connectivity index (χ2n) is 11.4. The lowest BCUT2D eigenvalue weighted by molar-refractivity contribution is 0.100. The van der Waals surface area contributed by atoms with E-state index in [9.17, 15) is 4.79 Å². The number of anilines is 4. The third-order valence-corrected chi connectivity index (χ3v) is 7.07. The number of amides is 1. The van der Waals surface area contributed by atoms with Crippen molar-refractivity contribution in [2.45, 2.75) is 54.0 Å². The van der Waals surface area contributed by atoms with Gasteiger partial charge < -0.3 is 27.1 Å². The molecule has 1 aliphatic rings. The van der Waals surface area contributed by atoms with Crippen LogP contribution in [-0.4, -0.2) is 74.5 Å². The first-order valence-electron chi connectivity index (χ1n) is 13.4. The van der Waals surface area contributed by atoms with Gasteiger partial charge in [-0.1, -0.05) is 26.8 Å². The topological polar surface area (TPSA) is 175 Å². The van der Waals surface area contributed by atoms with Crippen molar-refractivity contribution in [2.75, 3.05) is 42.1 Å². The standard InChI is InChI=1S/C28H39N11O/c1-16(2)38-9-11-39(12-10-38)27-36-23-22(24(31)37-27)32-15-33-25(23)34-19-13-18(8-7-17(19)3)26(40)35-21(30)14-20(29)28(4,5)6/h7-8,13,15-16,29H,9-12,14H2,1-6H3,(H2,30,35,40)(H2,31,36,37)(H,32,33,34). The fourth-order valence-electron chi connectivity index (χ4n) is 4.33. The van der Waals surface area contributed by atoms with Crippen LogP contribution in [0.4, 0.5) is 23.3 Å². The SMILES string of the molecule is Cc1ccc(C(=O)N=C(N)CC(=N)C(C)(C)C)cc1Nc1ncnc2c(N)nc(N3CCN(C(C)C)CC3)nc12. The summed E-state index contributed by atoms with van der Waals surface area (Å²) in [5.74, 6) is 0.899. The van der Waals surface area contributed by atoms with Crippen LogP contribution in [0.2, 0.25) is 0 Å². The molecule has 212 valence electrons. The van der Waals surface area contributed by atoms with Gasteiger partial charge in [-0.05, 0) is 43.9 Å². The molecule has 1 amide bonds. The van der Waals surface area contributed by atoms with Crippen LogP contribution in [-0.2, 0) is 0 Å². The zero-order chi connectivity index (χ0) is 29.2. The maximum absolute atomic E-state index is 12.9. The monoisotopic (exact) mass is 545 g/mol. The van der Waals surface area contributed by atoms with Crippen LogP contribution in [0.5, 0.6) is 0 Å². The van der Waals surface area contributed by atoms with Crippen LogP contribution in [0.15, 0.2) is 29.5 Å². The number of amidine groups is 1. The predicted molar refractivity (Wildman–Crippen MR) is 161 cm³/mol. The molecule has 0 radical (unpaired) electrons. The summed E-state index contributed by atoms with van der Waals surface area (Å²) in [6.45, 7) is 15.5. The number of nitrogens with zero attached hydrogens (tertiary/aromatic N) is 7. The number of nitrogens with one attached hydrogen (secondary N) is 2. The van der Waals surface area contributed by atoms with E-state index in [1.807, 2.05) is 33.8 Å². The Hall–Kier alpha value is -4.19. The highest BCUT2D eigenvalue weighted by Gasteiger charge is 2.23. The van der Waals surface area contributed by atoms with Crippen molar-refractivity contribution in [1.82, 2.24) is 24.8 Å². The molecular formula is C28H39N11O. The molecule has 1 aliphatic heterocycles. The van der Waals surface area contributed by atoms with Crippen molar-refractivity contribution in [3.63, 3.8) is 0 Å². The maximum Gasteiger partial charge on any atom is 0.278 e. The Bertz CT molecular complexity index is 1450. The molecule has 1 fully saturated rings. The number of hydrogen-bond acceptors (Lipinski definition) is 10. The summed E-state index contributed by atoms with van der Waals surface area (Å²) in [4.78, 5) is 39.6. The quantitative estimate of drug-likeness (QED) is 0.254. The Morgan fingerprint density at radius 2 is 1.82 bits per heavy atom. The van der Waals surface area contributed by atoms with E-state index in [2.05, 4.69) is 48.9 Å². The second kappa shape index (κ2) is 11.5. The molecule has 0 bridgehead atoms. The molecule has 4 rings (SSSR count). The molecule has 1 saturated heterocycles. The number of nitrogens with two attached hydrogens (primary N) is 2. The van der Waals surface area contributed by atoms with E-state index in [1.54, 1.807) is 12.1 Å². The molecule has 6 N–H and O–H groups in total. The van der Waals surface area contributed by atoms with E-state index in [0.717, 1.165) is 31.7 Å². The van der Waals surface area contributed by atoms with Gasteiger partial charge in [-0.25, -0.2) is 15.0 Å². The lowest BCUT2D eigenvalue weighted by Gasteiger charge is -2.37. The summed E-state index contributed by atoms with van der Waals surface area (Å²) in [6, 6.07) is 5.71. The fourth-order valence-corrected chi connectivity index (χ4v) is 4.33. The fraction of sp³-hybridized carbons (Fsp3) is 0.464. The highest BCUT2D eigenvalue weighted by Crippen LogP contribution is 2.29. The highest BCUT2D eigenvalue weighted by atomic mass is 16.1. The van der Waals surface area contributed by atoms with Gasteiger partial charge in [0.1, 0.15) is 23.2 Å². The molecule has 1 aromatic carbocycles. The molecule has 0 spiro atoms. The minimum Gasteiger partial charge on any atom is -0.387 e. The van der Waals surface area contributed by atoms with Crippen LogP contribution >= 0.6 is 0 Å². The minimum atomic E-state index is -0.482. The summed E-state index contributed by atoms with van der Waals surface area (Å²) in [7, 11) is 0. The number of hydrogen-bond donors (Lipinski definition) is 4. The Balaban J connectivity index is 1.60. The molecule has 12 nitrogen and oxygen atoms in total. The largest absolute Gasteiger partial charge is 0.387 e. The van der Waals surface area contributed by atoms with E-state index in [1.165, 1.54) is 6.33 Å². The lowest BCUT2D eigenvalue weighted by atomic mass is 9.88. The van der Waals surface area contributed by atoms with E-state index in [-0.39, 0.29) is 23.5 Å². The minimum absolute atomic E-state index is 0.107. The zero-order valence-electron chi connectivity index (χ0n) is 24.1. The zero-order valence-corrected chi connectivity index (χ0v) is 24.1. The number of aliphatic imine (C=N–C) groups is 1.